The summed E-state index contributed by atoms with van der Waals surface area (Å²) in [6.07, 6.45) is 3.29. The summed E-state index contributed by atoms with van der Waals surface area (Å²) in [6, 6.07) is 5.36. The van der Waals surface area contributed by atoms with E-state index < -0.39 is 0 Å². The molecule has 0 aromatic carbocycles. The number of urea groups is 1. The molecular weight excluding hydrogens is 386 g/mol. The summed E-state index contributed by atoms with van der Waals surface area (Å²) in [5.74, 6) is 0.747. The topological polar surface area (TPSA) is 104 Å². The zero-order chi connectivity index (χ0) is 20.9. The first kappa shape index (κ1) is 20.0. The highest BCUT2D eigenvalue weighted by Gasteiger charge is 2.27. The number of carbonyl (C=O) groups excluding carboxylic acids is 2. The van der Waals surface area contributed by atoms with Gasteiger partial charge in [0.2, 0.25) is 0 Å². The Morgan fingerprint density at radius 1 is 1.00 bits per heavy atom. The number of aryl methyl sites for hydroxylation is 1. The van der Waals surface area contributed by atoms with E-state index >= 15 is 0 Å². The zero-order valence-electron chi connectivity index (χ0n) is 17.0. The van der Waals surface area contributed by atoms with Crippen LogP contribution in [0.25, 0.3) is 0 Å². The van der Waals surface area contributed by atoms with Crippen LogP contribution in [0.1, 0.15) is 16.2 Å². The van der Waals surface area contributed by atoms with Crippen LogP contribution >= 0.6 is 0 Å². The maximum Gasteiger partial charge on any atom is 0.320 e. The van der Waals surface area contributed by atoms with Crippen LogP contribution in [0.4, 0.5) is 16.4 Å². The molecule has 0 bridgehead atoms. The molecule has 158 valence electrons. The molecule has 0 unspecified atom stereocenters. The van der Waals surface area contributed by atoms with Gasteiger partial charge in [0, 0.05) is 45.5 Å². The van der Waals surface area contributed by atoms with Crippen molar-refractivity contribution in [3.63, 3.8) is 0 Å². The number of hydrogen-bond acceptors (Lipinski definition) is 7. The summed E-state index contributed by atoms with van der Waals surface area (Å²) in [5.41, 5.74) is 0.818. The molecule has 0 aliphatic carbocycles. The largest absolute Gasteiger partial charge is 0.378 e. The van der Waals surface area contributed by atoms with Crippen molar-refractivity contribution >= 4 is 23.6 Å². The Hall–Kier alpha value is -3.27. The van der Waals surface area contributed by atoms with Gasteiger partial charge in [-0.15, -0.1) is 0 Å². The molecule has 0 radical (unpaired) electrons. The standard InChI is InChI=1S/C20H25N7O3/c1-15-18(19(28)23-16-4-2-3-5-21-16)24-17(14-22-15)25-6-8-26(9-7-25)20(29)27-10-12-30-13-11-27/h2-5,14H,6-13H2,1H3,(H,21,23,28). The summed E-state index contributed by atoms with van der Waals surface area (Å²) in [6.45, 7) is 6.67. The van der Waals surface area contributed by atoms with Crippen molar-refractivity contribution in [2.75, 3.05) is 62.7 Å². The number of nitrogens with one attached hydrogen (secondary N) is 1. The van der Waals surface area contributed by atoms with Crippen LogP contribution < -0.4 is 10.2 Å². The van der Waals surface area contributed by atoms with Crippen LogP contribution in [0.15, 0.2) is 30.6 Å². The van der Waals surface area contributed by atoms with E-state index in [4.69, 9.17) is 4.74 Å². The van der Waals surface area contributed by atoms with Gasteiger partial charge in [0.05, 0.1) is 25.1 Å². The molecule has 2 aliphatic heterocycles. The molecule has 2 aliphatic rings. The minimum atomic E-state index is -0.346. The van der Waals surface area contributed by atoms with E-state index in [1.165, 1.54) is 0 Å². The van der Waals surface area contributed by atoms with Crippen molar-refractivity contribution in [2.24, 2.45) is 0 Å². The fraction of sp³-hybridized carbons (Fsp3) is 0.450. The predicted octanol–water partition coefficient (Wildman–Crippen LogP) is 1.01. The third kappa shape index (κ3) is 4.48. The van der Waals surface area contributed by atoms with E-state index in [0.717, 1.165) is 0 Å². The normalized spacial score (nSPS) is 17.0. The van der Waals surface area contributed by atoms with E-state index in [1.54, 1.807) is 37.5 Å². The average Bonchev–Trinajstić information content (AvgIpc) is 2.80. The summed E-state index contributed by atoms with van der Waals surface area (Å²) in [4.78, 5) is 44.1. The molecular formula is C20H25N7O3. The highest BCUT2D eigenvalue weighted by Crippen LogP contribution is 2.17. The van der Waals surface area contributed by atoms with Crippen molar-refractivity contribution in [3.8, 4) is 0 Å². The maximum absolute atomic E-state index is 12.6. The first-order valence-corrected chi connectivity index (χ1v) is 10.0. The van der Waals surface area contributed by atoms with E-state index in [-0.39, 0.29) is 17.6 Å². The highest BCUT2D eigenvalue weighted by molar-refractivity contribution is 6.03. The van der Waals surface area contributed by atoms with Gasteiger partial charge in [-0.2, -0.15) is 0 Å². The van der Waals surface area contributed by atoms with Gasteiger partial charge in [-0.1, -0.05) is 6.07 Å². The zero-order valence-corrected chi connectivity index (χ0v) is 17.0. The second-order valence-electron chi connectivity index (χ2n) is 7.19. The quantitative estimate of drug-likeness (QED) is 0.804. The second-order valence-corrected chi connectivity index (χ2v) is 7.19. The predicted molar refractivity (Wildman–Crippen MR) is 111 cm³/mol. The van der Waals surface area contributed by atoms with Crippen molar-refractivity contribution in [2.45, 2.75) is 6.92 Å². The van der Waals surface area contributed by atoms with Gasteiger partial charge in [-0.05, 0) is 19.1 Å². The molecule has 2 fully saturated rings. The lowest BCUT2D eigenvalue weighted by atomic mass is 10.2. The smallest absolute Gasteiger partial charge is 0.320 e. The van der Waals surface area contributed by atoms with Gasteiger partial charge in [0.1, 0.15) is 11.6 Å². The van der Waals surface area contributed by atoms with E-state index in [9.17, 15) is 9.59 Å². The lowest BCUT2D eigenvalue weighted by Crippen LogP contribution is -2.55. The van der Waals surface area contributed by atoms with Crippen molar-refractivity contribution < 1.29 is 14.3 Å². The lowest BCUT2D eigenvalue weighted by Gasteiger charge is -2.38. The molecule has 0 spiro atoms. The van der Waals surface area contributed by atoms with Crippen molar-refractivity contribution in [1.29, 1.82) is 0 Å². The number of rotatable bonds is 3. The number of piperazine rings is 1. The Kier molecular flexibility index (Phi) is 6.03. The van der Waals surface area contributed by atoms with E-state index in [2.05, 4.69) is 20.3 Å². The third-order valence-corrected chi connectivity index (χ3v) is 5.22. The molecule has 2 aromatic heterocycles. The minimum absolute atomic E-state index is 0.0587. The number of nitrogens with zero attached hydrogens (tertiary/aromatic N) is 6. The molecule has 10 nitrogen and oxygen atoms in total. The number of aromatic nitrogens is 3. The van der Waals surface area contributed by atoms with Crippen LogP contribution in [0.2, 0.25) is 0 Å². The summed E-state index contributed by atoms with van der Waals surface area (Å²) in [5, 5.41) is 2.75. The van der Waals surface area contributed by atoms with Gasteiger partial charge in [0.25, 0.3) is 5.91 Å². The van der Waals surface area contributed by atoms with Crippen LogP contribution in [0, 0.1) is 6.92 Å². The van der Waals surface area contributed by atoms with Crippen LogP contribution in [-0.2, 0) is 4.74 Å². The SMILES string of the molecule is Cc1ncc(N2CCN(C(=O)N3CCOCC3)CC2)nc1C(=O)Nc1ccccn1. The van der Waals surface area contributed by atoms with Crippen LogP contribution in [0.3, 0.4) is 0 Å². The molecule has 1 N–H and O–H groups in total. The molecule has 4 heterocycles. The Bertz CT molecular complexity index is 895. The number of ether oxygens (including phenoxy) is 1. The maximum atomic E-state index is 12.6. The monoisotopic (exact) mass is 411 g/mol. The highest BCUT2D eigenvalue weighted by atomic mass is 16.5. The molecule has 0 atom stereocenters. The fourth-order valence-corrected chi connectivity index (χ4v) is 3.50. The average molecular weight is 411 g/mol. The minimum Gasteiger partial charge on any atom is -0.378 e. The van der Waals surface area contributed by atoms with Gasteiger partial charge >= 0.3 is 6.03 Å². The van der Waals surface area contributed by atoms with Gasteiger partial charge in [0.15, 0.2) is 5.69 Å². The number of anilines is 2. The molecule has 2 saturated heterocycles. The van der Waals surface area contributed by atoms with Crippen LogP contribution in [-0.4, -0.2) is 89.2 Å². The van der Waals surface area contributed by atoms with E-state index in [0.29, 0.717) is 69.8 Å². The Morgan fingerprint density at radius 2 is 1.73 bits per heavy atom. The first-order chi connectivity index (χ1) is 14.6. The number of morpholine rings is 1. The summed E-state index contributed by atoms with van der Waals surface area (Å²) in [7, 11) is 0. The van der Waals surface area contributed by atoms with Gasteiger partial charge < -0.3 is 24.8 Å². The number of amides is 3. The summed E-state index contributed by atoms with van der Waals surface area (Å²) < 4.78 is 5.32. The van der Waals surface area contributed by atoms with Crippen LogP contribution in [0.5, 0.6) is 0 Å². The molecule has 2 aromatic rings. The second kappa shape index (κ2) is 9.04. The number of carbonyl (C=O) groups is 2. The number of pyridine rings is 1. The molecule has 4 rings (SSSR count). The Morgan fingerprint density at radius 3 is 2.43 bits per heavy atom. The molecule has 3 amide bonds. The molecule has 10 heteroatoms. The first-order valence-electron chi connectivity index (χ1n) is 10.0. The number of hydrogen-bond donors (Lipinski definition) is 1. The van der Waals surface area contributed by atoms with Crippen molar-refractivity contribution in [1.82, 2.24) is 24.8 Å². The molecule has 30 heavy (non-hydrogen) atoms. The van der Waals surface area contributed by atoms with Gasteiger partial charge in [-0.3, -0.25) is 9.78 Å². The van der Waals surface area contributed by atoms with Crippen molar-refractivity contribution in [3.05, 3.63) is 42.0 Å². The lowest BCUT2D eigenvalue weighted by molar-refractivity contribution is 0.0428. The summed E-state index contributed by atoms with van der Waals surface area (Å²) >= 11 is 0. The van der Waals surface area contributed by atoms with Gasteiger partial charge in [-0.25, -0.2) is 14.8 Å². The molecule has 0 saturated carbocycles. The Balaban J connectivity index is 1.39. The van der Waals surface area contributed by atoms with E-state index in [1.807, 2.05) is 14.7 Å². The Labute approximate surface area is 174 Å². The fourth-order valence-electron chi connectivity index (χ4n) is 3.50. The third-order valence-electron chi connectivity index (χ3n) is 5.22.